The highest BCUT2D eigenvalue weighted by Gasteiger charge is 2.57. The average Bonchev–Trinajstić information content (AvgIpc) is 3.34. The first kappa shape index (κ1) is 30.4. The van der Waals surface area contributed by atoms with Gasteiger partial charge in [-0.2, -0.15) is 0 Å². The van der Waals surface area contributed by atoms with Gasteiger partial charge in [0.2, 0.25) is 0 Å². The SMILES string of the molecule is CC12CCCCC1(C)N(c1ccccc1)c1ccc(-c3cc(Nc4ccccc4)c(Cl)c(N(c4ccccc4)c4ccccc4)c3)cc12. The van der Waals surface area contributed by atoms with Crippen LogP contribution in [0.15, 0.2) is 152 Å². The van der Waals surface area contributed by atoms with E-state index in [4.69, 9.17) is 11.6 Å². The van der Waals surface area contributed by atoms with Crippen LogP contribution in [0.25, 0.3) is 11.1 Å². The molecular formula is C44H40ClN3. The molecule has 6 aromatic carbocycles. The molecule has 1 aliphatic heterocycles. The van der Waals surface area contributed by atoms with E-state index in [1.54, 1.807) is 0 Å². The second-order valence-corrected chi connectivity index (χ2v) is 13.9. The maximum absolute atomic E-state index is 7.41. The third-order valence-electron chi connectivity index (χ3n) is 10.8. The number of fused-ring (bicyclic) bond motifs is 3. The lowest BCUT2D eigenvalue weighted by Gasteiger charge is -2.50. The third kappa shape index (κ3) is 5.05. The summed E-state index contributed by atoms with van der Waals surface area (Å²) in [5, 5.41) is 4.32. The summed E-state index contributed by atoms with van der Waals surface area (Å²) in [5.74, 6) is 0. The fourth-order valence-corrected chi connectivity index (χ4v) is 8.42. The molecule has 1 aliphatic carbocycles. The highest BCUT2D eigenvalue weighted by atomic mass is 35.5. The normalized spacial score (nSPS) is 19.8. The Hall–Kier alpha value is -4.99. The van der Waals surface area contributed by atoms with Crippen molar-refractivity contribution in [2.24, 2.45) is 0 Å². The van der Waals surface area contributed by atoms with E-state index in [9.17, 15) is 0 Å². The molecular weight excluding hydrogens is 606 g/mol. The number of hydrogen-bond donors (Lipinski definition) is 1. The van der Waals surface area contributed by atoms with E-state index in [1.165, 1.54) is 48.2 Å². The maximum atomic E-state index is 7.41. The molecule has 1 fully saturated rings. The summed E-state index contributed by atoms with van der Waals surface area (Å²) >= 11 is 7.41. The summed E-state index contributed by atoms with van der Waals surface area (Å²) in [6.45, 7) is 4.98. The molecule has 48 heavy (non-hydrogen) atoms. The van der Waals surface area contributed by atoms with E-state index in [0.29, 0.717) is 5.02 Å². The molecule has 0 saturated heterocycles. The zero-order valence-corrected chi connectivity index (χ0v) is 28.3. The number of benzene rings is 6. The lowest BCUT2D eigenvalue weighted by Crippen LogP contribution is -2.54. The van der Waals surface area contributed by atoms with Crippen molar-refractivity contribution in [1.82, 2.24) is 0 Å². The van der Waals surface area contributed by atoms with Crippen molar-refractivity contribution in [2.75, 3.05) is 15.1 Å². The largest absolute Gasteiger partial charge is 0.354 e. The van der Waals surface area contributed by atoms with Gasteiger partial charge in [-0.15, -0.1) is 0 Å². The van der Waals surface area contributed by atoms with Crippen LogP contribution in [0.3, 0.4) is 0 Å². The molecule has 0 amide bonds. The summed E-state index contributed by atoms with van der Waals surface area (Å²) in [7, 11) is 0. The van der Waals surface area contributed by atoms with Crippen molar-refractivity contribution in [1.29, 1.82) is 0 Å². The minimum Gasteiger partial charge on any atom is -0.354 e. The van der Waals surface area contributed by atoms with E-state index in [0.717, 1.165) is 34.0 Å². The standard InChI is InChI=1S/C44H40ClN3/c1-43-27-15-16-28-44(43,2)48(37-23-13-6-14-24-37)40-26-25-32(29-38(40)43)33-30-39(46-34-17-7-3-8-18-34)42(45)41(31-33)47(35-19-9-4-10-20-35)36-21-11-5-12-22-36/h3-14,17-26,29-31,46H,15-16,27-28H2,1-2H3. The van der Waals surface area contributed by atoms with Crippen molar-refractivity contribution < 1.29 is 0 Å². The Kier molecular flexibility index (Phi) is 7.73. The van der Waals surface area contributed by atoms with Crippen LogP contribution in [-0.4, -0.2) is 5.54 Å². The summed E-state index contributed by atoms with van der Waals surface area (Å²) in [6.07, 6.45) is 4.84. The van der Waals surface area contributed by atoms with E-state index >= 15 is 0 Å². The first-order chi connectivity index (χ1) is 23.5. The molecule has 8 rings (SSSR count). The topological polar surface area (TPSA) is 18.5 Å². The van der Waals surface area contributed by atoms with Gasteiger partial charge >= 0.3 is 0 Å². The van der Waals surface area contributed by atoms with Gasteiger partial charge in [0, 0.05) is 33.9 Å². The molecule has 0 spiro atoms. The maximum Gasteiger partial charge on any atom is 0.0881 e. The lowest BCUT2D eigenvalue weighted by atomic mass is 9.61. The first-order valence-electron chi connectivity index (χ1n) is 17.0. The molecule has 1 saturated carbocycles. The van der Waals surface area contributed by atoms with E-state index < -0.39 is 0 Å². The zero-order chi connectivity index (χ0) is 32.7. The summed E-state index contributed by atoms with van der Waals surface area (Å²) in [5.41, 5.74) is 11.2. The number of nitrogens with zero attached hydrogens (tertiary/aromatic N) is 2. The third-order valence-corrected chi connectivity index (χ3v) is 11.2. The molecule has 3 nitrogen and oxygen atoms in total. The fraction of sp³-hybridized carbons (Fsp3) is 0.182. The van der Waals surface area contributed by atoms with Gasteiger partial charge in [-0.05, 0) is 109 Å². The van der Waals surface area contributed by atoms with E-state index in [-0.39, 0.29) is 11.0 Å². The predicted molar refractivity (Wildman–Crippen MR) is 204 cm³/mol. The van der Waals surface area contributed by atoms with Gasteiger partial charge in [0.15, 0.2) is 0 Å². The number of hydrogen-bond acceptors (Lipinski definition) is 3. The Morgan fingerprint density at radius 1 is 0.625 bits per heavy atom. The Morgan fingerprint density at radius 2 is 1.21 bits per heavy atom. The van der Waals surface area contributed by atoms with E-state index in [2.05, 4.69) is 162 Å². The monoisotopic (exact) mass is 645 g/mol. The van der Waals surface area contributed by atoms with Gasteiger partial charge < -0.3 is 15.1 Å². The highest BCUT2D eigenvalue weighted by Crippen LogP contribution is 2.61. The molecule has 0 bridgehead atoms. The number of anilines is 7. The molecule has 2 unspecified atom stereocenters. The summed E-state index contributed by atoms with van der Waals surface area (Å²) in [4.78, 5) is 4.89. The zero-order valence-electron chi connectivity index (χ0n) is 27.5. The molecule has 0 aromatic heterocycles. The minimum absolute atomic E-state index is 0.00381. The number of para-hydroxylation sites is 4. The van der Waals surface area contributed by atoms with Gasteiger partial charge in [-0.3, -0.25) is 0 Å². The van der Waals surface area contributed by atoms with Gasteiger partial charge in [0.1, 0.15) is 0 Å². The molecule has 1 heterocycles. The van der Waals surface area contributed by atoms with Crippen molar-refractivity contribution in [3.05, 3.63) is 162 Å². The van der Waals surface area contributed by atoms with Crippen molar-refractivity contribution >= 4 is 51.4 Å². The highest BCUT2D eigenvalue weighted by molar-refractivity contribution is 6.36. The van der Waals surface area contributed by atoms with Crippen molar-refractivity contribution in [3.63, 3.8) is 0 Å². The van der Waals surface area contributed by atoms with Gasteiger partial charge in [-0.1, -0.05) is 110 Å². The first-order valence-corrected chi connectivity index (χ1v) is 17.4. The Balaban J connectivity index is 1.33. The van der Waals surface area contributed by atoms with Crippen LogP contribution in [0.1, 0.15) is 45.1 Å². The predicted octanol–water partition coefficient (Wildman–Crippen LogP) is 13.0. The van der Waals surface area contributed by atoms with Crippen molar-refractivity contribution in [2.45, 2.75) is 50.5 Å². The van der Waals surface area contributed by atoms with Crippen LogP contribution in [0.2, 0.25) is 5.02 Å². The minimum atomic E-state index is -0.00381. The Bertz CT molecular complexity index is 2010. The Morgan fingerprint density at radius 3 is 1.85 bits per heavy atom. The van der Waals surface area contributed by atoms with Crippen LogP contribution < -0.4 is 15.1 Å². The van der Waals surface area contributed by atoms with Gasteiger partial charge in [0.05, 0.1) is 21.9 Å². The van der Waals surface area contributed by atoms with Gasteiger partial charge in [0.25, 0.3) is 0 Å². The second kappa shape index (κ2) is 12.2. The molecule has 2 aliphatic rings. The van der Waals surface area contributed by atoms with Crippen LogP contribution in [0.5, 0.6) is 0 Å². The number of halogens is 1. The molecule has 2 atom stereocenters. The molecule has 238 valence electrons. The molecule has 4 heteroatoms. The van der Waals surface area contributed by atoms with E-state index in [1.807, 2.05) is 18.2 Å². The molecule has 6 aromatic rings. The van der Waals surface area contributed by atoms with Crippen LogP contribution >= 0.6 is 11.6 Å². The lowest BCUT2D eigenvalue weighted by molar-refractivity contribution is 0.195. The van der Waals surface area contributed by atoms with Crippen LogP contribution in [-0.2, 0) is 5.41 Å². The number of nitrogens with one attached hydrogen (secondary N) is 1. The number of rotatable bonds is 7. The summed E-state index contributed by atoms with van der Waals surface area (Å²) < 4.78 is 0. The quantitative estimate of drug-likeness (QED) is 0.186. The van der Waals surface area contributed by atoms with Crippen molar-refractivity contribution in [3.8, 4) is 11.1 Å². The average molecular weight is 646 g/mol. The Labute approximate surface area is 289 Å². The van der Waals surface area contributed by atoms with Gasteiger partial charge in [-0.25, -0.2) is 0 Å². The summed E-state index contributed by atoms with van der Waals surface area (Å²) in [6, 6.07) is 53.8. The molecule has 1 N–H and O–H groups in total. The van der Waals surface area contributed by atoms with Crippen LogP contribution in [0.4, 0.5) is 39.8 Å². The smallest absolute Gasteiger partial charge is 0.0881 e. The van der Waals surface area contributed by atoms with Crippen LogP contribution in [0, 0.1) is 0 Å². The fourth-order valence-electron chi connectivity index (χ4n) is 8.18. The molecule has 0 radical (unpaired) electrons. The second-order valence-electron chi connectivity index (χ2n) is 13.6.